The van der Waals surface area contributed by atoms with E-state index in [4.69, 9.17) is 14.2 Å². The van der Waals surface area contributed by atoms with E-state index < -0.39 is 36.1 Å². The zero-order valence-electron chi connectivity index (χ0n) is 18.3. The normalized spacial score (nSPS) is 20.4. The van der Waals surface area contributed by atoms with Crippen molar-refractivity contribution >= 4 is 11.9 Å². The molecule has 0 fully saturated rings. The van der Waals surface area contributed by atoms with E-state index in [2.05, 4.69) is 4.74 Å². The standard InChI is InChI=1S/C22H24F3NO6/c1-6-29-19(27)15-11(3)26(5)12(4)16(20(28)30-7-2)17(15)13-9-8-10-14-18(13)31-21(23)22(24,25)32-14/h8-10,17,21H,6-7H2,1-5H3. The number of halogens is 3. The van der Waals surface area contributed by atoms with Crippen molar-refractivity contribution < 1.29 is 41.7 Å². The second-order valence-electron chi connectivity index (χ2n) is 7.20. The number of benzene rings is 1. The minimum absolute atomic E-state index is 0.0643. The number of rotatable bonds is 5. The number of carbonyl (C=O) groups excluding carboxylic acids is 2. The van der Waals surface area contributed by atoms with Crippen molar-refractivity contribution in [2.24, 2.45) is 0 Å². The largest absolute Gasteiger partial charge is 0.468 e. The number of alkyl halides is 3. The molecule has 2 aliphatic heterocycles. The third kappa shape index (κ3) is 3.89. The molecule has 0 saturated carbocycles. The van der Waals surface area contributed by atoms with E-state index in [0.29, 0.717) is 11.4 Å². The Morgan fingerprint density at radius 3 is 2.09 bits per heavy atom. The van der Waals surface area contributed by atoms with Gasteiger partial charge in [-0.3, -0.25) is 0 Å². The highest BCUT2D eigenvalue weighted by molar-refractivity contribution is 6.00. The van der Waals surface area contributed by atoms with Crippen LogP contribution < -0.4 is 9.47 Å². The number of allylic oxidation sites excluding steroid dienone is 2. The number of carbonyl (C=O) groups is 2. The van der Waals surface area contributed by atoms with Crippen LogP contribution in [0.1, 0.15) is 39.2 Å². The maximum Gasteiger partial charge on any atom is 0.468 e. The summed E-state index contributed by atoms with van der Waals surface area (Å²) in [5.41, 5.74) is 1.19. The van der Waals surface area contributed by atoms with Gasteiger partial charge in [-0.25, -0.2) is 9.59 Å². The number of hydrogen-bond donors (Lipinski definition) is 0. The Morgan fingerprint density at radius 1 is 1.06 bits per heavy atom. The van der Waals surface area contributed by atoms with E-state index in [1.807, 2.05) is 0 Å². The predicted molar refractivity (Wildman–Crippen MR) is 107 cm³/mol. The summed E-state index contributed by atoms with van der Waals surface area (Å²) in [7, 11) is 1.66. The fourth-order valence-corrected chi connectivity index (χ4v) is 3.77. The molecule has 10 heteroatoms. The second kappa shape index (κ2) is 8.76. The number of esters is 2. The smallest absolute Gasteiger partial charge is 0.463 e. The summed E-state index contributed by atoms with van der Waals surface area (Å²) in [5.74, 6) is -3.30. The van der Waals surface area contributed by atoms with Crippen LogP contribution in [0.3, 0.4) is 0 Å². The van der Waals surface area contributed by atoms with Crippen molar-refractivity contribution in [1.29, 1.82) is 0 Å². The van der Waals surface area contributed by atoms with Crippen LogP contribution in [-0.2, 0) is 19.1 Å². The molecule has 7 nitrogen and oxygen atoms in total. The molecule has 1 unspecified atom stereocenters. The van der Waals surface area contributed by atoms with Crippen LogP contribution in [0.4, 0.5) is 13.2 Å². The molecule has 0 bridgehead atoms. The van der Waals surface area contributed by atoms with E-state index in [9.17, 15) is 22.8 Å². The quantitative estimate of drug-likeness (QED) is 0.620. The highest BCUT2D eigenvalue weighted by Crippen LogP contribution is 2.50. The van der Waals surface area contributed by atoms with Gasteiger partial charge in [-0.05, 0) is 33.8 Å². The minimum atomic E-state index is -4.19. The number of nitrogens with zero attached hydrogens (tertiary/aromatic N) is 1. The van der Waals surface area contributed by atoms with Crippen molar-refractivity contribution in [2.45, 2.75) is 46.1 Å². The van der Waals surface area contributed by atoms with Gasteiger partial charge in [0.15, 0.2) is 11.5 Å². The van der Waals surface area contributed by atoms with Gasteiger partial charge in [0.05, 0.1) is 30.3 Å². The van der Waals surface area contributed by atoms with Gasteiger partial charge in [-0.2, -0.15) is 13.2 Å². The summed E-state index contributed by atoms with van der Waals surface area (Å²) in [4.78, 5) is 27.5. The van der Waals surface area contributed by atoms with Gasteiger partial charge in [0.2, 0.25) is 0 Å². The average molecular weight is 455 g/mol. The summed E-state index contributed by atoms with van der Waals surface area (Å²) in [6.07, 6.45) is -7.27. The van der Waals surface area contributed by atoms with Crippen molar-refractivity contribution in [3.8, 4) is 11.5 Å². The van der Waals surface area contributed by atoms with Crippen LogP contribution in [0.15, 0.2) is 40.7 Å². The lowest BCUT2D eigenvalue weighted by Gasteiger charge is -2.37. The molecule has 0 saturated heterocycles. The van der Waals surface area contributed by atoms with E-state index in [1.54, 1.807) is 39.6 Å². The molecule has 174 valence electrons. The zero-order chi connectivity index (χ0) is 23.8. The van der Waals surface area contributed by atoms with Crippen LogP contribution in [0.25, 0.3) is 0 Å². The van der Waals surface area contributed by atoms with E-state index in [1.165, 1.54) is 18.2 Å². The molecule has 0 aromatic heterocycles. The number of ether oxygens (including phenoxy) is 4. The van der Waals surface area contributed by atoms with Crippen LogP contribution >= 0.6 is 0 Å². The summed E-state index contributed by atoms with van der Waals surface area (Å²) >= 11 is 0. The summed E-state index contributed by atoms with van der Waals surface area (Å²) in [5, 5.41) is 0. The Hall–Kier alpha value is -3.17. The van der Waals surface area contributed by atoms with Gasteiger partial charge < -0.3 is 23.8 Å². The fourth-order valence-electron chi connectivity index (χ4n) is 3.77. The SMILES string of the molecule is CCOC(=O)C1=C(C)N(C)C(C)=C(C(=O)OCC)C1c1cccc2c1OC(F)C(F)(F)O2. The lowest BCUT2D eigenvalue weighted by molar-refractivity contribution is -0.281. The lowest BCUT2D eigenvalue weighted by atomic mass is 9.79. The van der Waals surface area contributed by atoms with E-state index in [-0.39, 0.29) is 35.7 Å². The van der Waals surface area contributed by atoms with Gasteiger partial charge >= 0.3 is 24.4 Å². The second-order valence-corrected chi connectivity index (χ2v) is 7.20. The molecular weight excluding hydrogens is 431 g/mol. The highest BCUT2D eigenvalue weighted by Gasteiger charge is 2.51. The number of para-hydroxylation sites is 1. The summed E-state index contributed by atoms with van der Waals surface area (Å²) in [6.45, 7) is 6.69. The number of fused-ring (bicyclic) bond motifs is 1. The molecule has 0 aliphatic carbocycles. The van der Waals surface area contributed by atoms with Gasteiger partial charge in [0, 0.05) is 24.0 Å². The fraction of sp³-hybridized carbons (Fsp3) is 0.455. The van der Waals surface area contributed by atoms with Gasteiger partial charge in [0.25, 0.3) is 0 Å². The van der Waals surface area contributed by atoms with E-state index in [0.717, 1.165) is 0 Å². The molecule has 0 radical (unpaired) electrons. The summed E-state index contributed by atoms with van der Waals surface area (Å²) < 4.78 is 61.4. The number of hydrogen-bond acceptors (Lipinski definition) is 7. The van der Waals surface area contributed by atoms with Crippen molar-refractivity contribution in [1.82, 2.24) is 4.90 Å². The Kier molecular flexibility index (Phi) is 6.43. The topological polar surface area (TPSA) is 74.3 Å². The molecule has 1 aromatic rings. The Labute approximate surface area is 183 Å². The van der Waals surface area contributed by atoms with Gasteiger partial charge in [-0.1, -0.05) is 12.1 Å². The molecule has 2 heterocycles. The molecule has 0 N–H and O–H groups in total. The molecular formula is C22H24F3NO6. The predicted octanol–water partition coefficient (Wildman–Crippen LogP) is 4.05. The van der Waals surface area contributed by atoms with Crippen LogP contribution in [0.2, 0.25) is 0 Å². The highest BCUT2D eigenvalue weighted by atomic mass is 19.3. The van der Waals surface area contributed by atoms with Gasteiger partial charge in [-0.15, -0.1) is 0 Å². The maximum atomic E-state index is 14.0. The molecule has 32 heavy (non-hydrogen) atoms. The van der Waals surface area contributed by atoms with Crippen LogP contribution in [0.5, 0.6) is 11.5 Å². The first-order valence-electron chi connectivity index (χ1n) is 10.0. The van der Waals surface area contributed by atoms with Gasteiger partial charge in [0.1, 0.15) is 0 Å². The molecule has 0 amide bonds. The molecule has 2 aliphatic rings. The van der Waals surface area contributed by atoms with Crippen molar-refractivity contribution in [3.05, 3.63) is 46.3 Å². The minimum Gasteiger partial charge on any atom is -0.463 e. The first-order chi connectivity index (χ1) is 15.0. The Balaban J connectivity index is 2.28. The monoisotopic (exact) mass is 455 g/mol. The Bertz CT molecular complexity index is 961. The van der Waals surface area contributed by atoms with Crippen molar-refractivity contribution in [3.63, 3.8) is 0 Å². The first kappa shape index (κ1) is 23.5. The molecule has 0 spiro atoms. The van der Waals surface area contributed by atoms with Crippen molar-refractivity contribution in [2.75, 3.05) is 20.3 Å². The third-order valence-corrected chi connectivity index (χ3v) is 5.41. The maximum absolute atomic E-state index is 14.0. The zero-order valence-corrected chi connectivity index (χ0v) is 18.3. The summed E-state index contributed by atoms with van der Waals surface area (Å²) in [6, 6.07) is 4.03. The average Bonchev–Trinajstić information content (AvgIpc) is 2.72. The van der Waals surface area contributed by atoms with E-state index >= 15 is 0 Å². The Morgan fingerprint density at radius 2 is 1.59 bits per heavy atom. The van der Waals surface area contributed by atoms with Crippen LogP contribution in [-0.4, -0.2) is 49.6 Å². The third-order valence-electron chi connectivity index (χ3n) is 5.41. The lowest BCUT2D eigenvalue weighted by Crippen LogP contribution is -2.43. The van der Waals surface area contributed by atoms with Crippen LogP contribution in [0, 0.1) is 0 Å². The molecule has 3 rings (SSSR count). The molecule has 1 atom stereocenters. The molecule has 1 aromatic carbocycles. The first-order valence-corrected chi connectivity index (χ1v) is 10.0.